The third-order valence-electron chi connectivity index (χ3n) is 1.60. The average Bonchev–Trinajstić information content (AvgIpc) is 2.16. The van der Waals surface area contributed by atoms with Gasteiger partial charge in [-0.2, -0.15) is 0 Å². The van der Waals surface area contributed by atoms with Gasteiger partial charge in [0.05, 0.1) is 7.11 Å². The molecule has 0 spiro atoms. The highest BCUT2D eigenvalue weighted by atomic mass is 35.5. The van der Waals surface area contributed by atoms with Crippen molar-refractivity contribution in [2.24, 2.45) is 0 Å². The molecule has 0 saturated heterocycles. The van der Waals surface area contributed by atoms with Gasteiger partial charge in [-0.05, 0) is 19.1 Å². The molecule has 0 radical (unpaired) electrons. The second kappa shape index (κ2) is 4.86. The molecule has 1 atom stereocenters. The maximum Gasteiger partial charge on any atom is 0.343 e. The molecule has 0 aromatic heterocycles. The van der Waals surface area contributed by atoms with Crippen LogP contribution in [0.4, 0.5) is 0 Å². The maximum absolute atomic E-state index is 11.4. The van der Waals surface area contributed by atoms with Crippen molar-refractivity contribution in [1.82, 2.24) is 0 Å². The lowest BCUT2D eigenvalue weighted by atomic mass is 10.2. The molecular weight excluding hydrogens is 204 g/mol. The highest BCUT2D eigenvalue weighted by Crippen LogP contribution is 2.19. The van der Waals surface area contributed by atoms with Gasteiger partial charge in [0.25, 0.3) is 0 Å². The molecular formula is C10H11ClO3. The molecule has 0 fully saturated rings. The first kappa shape index (κ1) is 10.9. The lowest BCUT2D eigenvalue weighted by Gasteiger charge is -2.09. The molecule has 1 unspecified atom stereocenters. The number of ether oxygens (including phenoxy) is 2. The van der Waals surface area contributed by atoms with Gasteiger partial charge in [0.15, 0.2) is 5.56 Å². The Morgan fingerprint density at radius 3 is 2.64 bits per heavy atom. The first-order valence-electron chi connectivity index (χ1n) is 4.13. The van der Waals surface area contributed by atoms with Crippen LogP contribution in [0.5, 0.6) is 5.75 Å². The van der Waals surface area contributed by atoms with Crippen LogP contribution in [-0.4, -0.2) is 18.6 Å². The van der Waals surface area contributed by atoms with Crippen LogP contribution in [0.15, 0.2) is 24.3 Å². The maximum atomic E-state index is 11.4. The summed E-state index contributed by atoms with van der Waals surface area (Å²) in [5.41, 5.74) is -0.269. The number of rotatable bonds is 3. The van der Waals surface area contributed by atoms with E-state index in [-0.39, 0.29) is 0 Å². The largest absolute Gasteiger partial charge is 0.496 e. The van der Waals surface area contributed by atoms with E-state index in [4.69, 9.17) is 21.1 Å². The first-order chi connectivity index (χ1) is 6.65. The second-order valence-corrected chi connectivity index (χ2v) is 3.26. The van der Waals surface area contributed by atoms with Crippen molar-refractivity contribution in [2.75, 3.05) is 7.11 Å². The summed E-state index contributed by atoms with van der Waals surface area (Å²) >= 11 is 5.53. The predicted octanol–water partition coefficient (Wildman–Crippen LogP) is 2.44. The van der Waals surface area contributed by atoms with Crippen molar-refractivity contribution in [1.29, 1.82) is 0 Å². The Balaban J connectivity index is 2.88. The molecule has 0 N–H and O–H groups in total. The number of carbonyl (C=O) groups is 1. The molecule has 0 bridgehead atoms. The second-order valence-electron chi connectivity index (χ2n) is 2.65. The molecule has 1 rings (SSSR count). The fourth-order valence-corrected chi connectivity index (χ4v) is 1.11. The summed E-state index contributed by atoms with van der Waals surface area (Å²) in [4.78, 5) is 11.4. The molecule has 14 heavy (non-hydrogen) atoms. The van der Waals surface area contributed by atoms with Crippen molar-refractivity contribution in [3.8, 4) is 5.75 Å². The van der Waals surface area contributed by atoms with Gasteiger partial charge in [-0.3, -0.25) is 0 Å². The van der Waals surface area contributed by atoms with Crippen LogP contribution in [-0.2, 0) is 4.74 Å². The minimum atomic E-state index is -0.646. The van der Waals surface area contributed by atoms with E-state index in [2.05, 4.69) is 0 Å². The lowest BCUT2D eigenvalue weighted by molar-refractivity contribution is 0.0468. The molecule has 0 heterocycles. The molecule has 0 amide bonds. The minimum absolute atomic E-state index is 0.377. The third-order valence-corrected chi connectivity index (χ3v) is 1.69. The van der Waals surface area contributed by atoms with Crippen LogP contribution < -0.4 is 4.74 Å². The summed E-state index contributed by atoms with van der Waals surface area (Å²) in [5, 5.41) is 0. The number of para-hydroxylation sites is 1. The first-order valence-corrected chi connectivity index (χ1v) is 4.57. The molecule has 0 aliphatic heterocycles. The SMILES string of the molecule is COc1ccccc1C(=O)OC(C)Cl. The van der Waals surface area contributed by atoms with Crippen molar-refractivity contribution < 1.29 is 14.3 Å². The number of esters is 1. The quantitative estimate of drug-likeness (QED) is 0.573. The van der Waals surface area contributed by atoms with Gasteiger partial charge < -0.3 is 9.47 Å². The molecule has 3 nitrogen and oxygen atoms in total. The zero-order valence-corrected chi connectivity index (χ0v) is 8.75. The molecule has 76 valence electrons. The van der Waals surface area contributed by atoms with E-state index in [1.54, 1.807) is 31.2 Å². The van der Waals surface area contributed by atoms with Crippen molar-refractivity contribution in [2.45, 2.75) is 12.5 Å². The third kappa shape index (κ3) is 2.64. The number of carbonyl (C=O) groups excluding carboxylic acids is 1. The van der Waals surface area contributed by atoms with Gasteiger partial charge in [0.1, 0.15) is 11.3 Å². The van der Waals surface area contributed by atoms with Crippen LogP contribution in [0.25, 0.3) is 0 Å². The molecule has 0 saturated carbocycles. The minimum Gasteiger partial charge on any atom is -0.496 e. The summed E-state index contributed by atoms with van der Waals surface area (Å²) in [5.74, 6) is -0.000216. The van der Waals surface area contributed by atoms with Gasteiger partial charge in [0.2, 0.25) is 0 Å². The smallest absolute Gasteiger partial charge is 0.343 e. The van der Waals surface area contributed by atoms with E-state index in [1.807, 2.05) is 0 Å². The van der Waals surface area contributed by atoms with Crippen molar-refractivity contribution in [3.63, 3.8) is 0 Å². The van der Waals surface area contributed by atoms with Crippen LogP contribution in [0.2, 0.25) is 0 Å². The monoisotopic (exact) mass is 214 g/mol. The highest BCUT2D eigenvalue weighted by molar-refractivity contribution is 6.20. The summed E-state index contributed by atoms with van der Waals surface area (Å²) in [7, 11) is 1.50. The Hall–Kier alpha value is -1.22. The van der Waals surface area contributed by atoms with E-state index < -0.39 is 11.5 Å². The van der Waals surface area contributed by atoms with E-state index in [1.165, 1.54) is 7.11 Å². The Morgan fingerprint density at radius 2 is 2.07 bits per heavy atom. The zero-order chi connectivity index (χ0) is 10.6. The van der Waals surface area contributed by atoms with Gasteiger partial charge >= 0.3 is 5.97 Å². The molecule has 0 aliphatic rings. The number of alkyl halides is 1. The normalized spacial score (nSPS) is 11.9. The number of benzene rings is 1. The van der Waals surface area contributed by atoms with Crippen LogP contribution in [0.3, 0.4) is 0 Å². The van der Waals surface area contributed by atoms with E-state index in [0.717, 1.165) is 0 Å². The fourth-order valence-electron chi connectivity index (χ4n) is 1.02. The highest BCUT2D eigenvalue weighted by Gasteiger charge is 2.14. The number of methoxy groups -OCH3 is 1. The Labute approximate surface area is 87.6 Å². The number of hydrogen-bond acceptors (Lipinski definition) is 3. The Bertz CT molecular complexity index is 323. The summed E-state index contributed by atoms with van der Waals surface area (Å²) in [6, 6.07) is 6.83. The van der Waals surface area contributed by atoms with Crippen molar-refractivity contribution in [3.05, 3.63) is 29.8 Å². The number of halogens is 1. The Kier molecular flexibility index (Phi) is 3.77. The molecule has 4 heteroatoms. The van der Waals surface area contributed by atoms with Crippen molar-refractivity contribution >= 4 is 17.6 Å². The average molecular weight is 215 g/mol. The van der Waals surface area contributed by atoms with Gasteiger partial charge in [-0.1, -0.05) is 23.7 Å². The molecule has 1 aromatic rings. The van der Waals surface area contributed by atoms with E-state index in [0.29, 0.717) is 11.3 Å². The standard InChI is InChI=1S/C10H11ClO3/c1-7(11)14-10(12)8-5-3-4-6-9(8)13-2/h3-7H,1-2H3. The summed E-state index contributed by atoms with van der Waals surface area (Å²) in [6.07, 6.45) is 0. The van der Waals surface area contributed by atoms with Crippen LogP contribution in [0, 0.1) is 0 Å². The topological polar surface area (TPSA) is 35.5 Å². The summed E-state index contributed by atoms with van der Waals surface area (Å²) in [6.45, 7) is 1.58. The van der Waals surface area contributed by atoms with Gasteiger partial charge in [-0.15, -0.1) is 0 Å². The van der Waals surface area contributed by atoms with Gasteiger partial charge in [0, 0.05) is 0 Å². The zero-order valence-electron chi connectivity index (χ0n) is 7.99. The van der Waals surface area contributed by atoms with E-state index in [9.17, 15) is 4.79 Å². The Morgan fingerprint density at radius 1 is 1.43 bits per heavy atom. The molecule has 1 aromatic carbocycles. The lowest BCUT2D eigenvalue weighted by Crippen LogP contribution is -2.10. The van der Waals surface area contributed by atoms with Crippen LogP contribution >= 0.6 is 11.6 Å². The molecule has 0 aliphatic carbocycles. The predicted molar refractivity (Wildman–Crippen MR) is 53.7 cm³/mol. The van der Waals surface area contributed by atoms with E-state index >= 15 is 0 Å². The summed E-state index contributed by atoms with van der Waals surface area (Å²) < 4.78 is 9.83. The number of hydrogen-bond donors (Lipinski definition) is 0. The fraction of sp³-hybridized carbons (Fsp3) is 0.300. The van der Waals surface area contributed by atoms with Crippen LogP contribution in [0.1, 0.15) is 17.3 Å². The van der Waals surface area contributed by atoms with Gasteiger partial charge in [-0.25, -0.2) is 4.79 Å².